The van der Waals surface area contributed by atoms with E-state index in [0.717, 1.165) is 6.54 Å². The van der Waals surface area contributed by atoms with Gasteiger partial charge in [-0.05, 0) is 12.0 Å². The summed E-state index contributed by atoms with van der Waals surface area (Å²) < 4.78 is 10.3. The topological polar surface area (TPSA) is 30.5 Å². The second kappa shape index (κ2) is 5.43. The first-order valence-corrected chi connectivity index (χ1v) is 5.69. The largest absolute Gasteiger partial charge is 0.355 e. The first-order valence-electron chi connectivity index (χ1n) is 5.69. The summed E-state index contributed by atoms with van der Waals surface area (Å²) in [7, 11) is 3.33. The van der Waals surface area contributed by atoms with Crippen LogP contribution in [0.5, 0.6) is 0 Å². The predicted octanol–water partition coefficient (Wildman–Crippen LogP) is 1.75. The van der Waals surface area contributed by atoms with Crippen LogP contribution in [0.1, 0.15) is 17.9 Å². The van der Waals surface area contributed by atoms with Gasteiger partial charge in [0.1, 0.15) is 0 Å². The van der Waals surface area contributed by atoms with Crippen LogP contribution in [0.25, 0.3) is 0 Å². The molecule has 1 fully saturated rings. The van der Waals surface area contributed by atoms with Gasteiger partial charge in [0.15, 0.2) is 6.29 Å². The van der Waals surface area contributed by atoms with Gasteiger partial charge in [-0.2, -0.15) is 0 Å². The van der Waals surface area contributed by atoms with Crippen molar-refractivity contribution < 1.29 is 9.47 Å². The Hall–Kier alpha value is -0.900. The molecule has 88 valence electrons. The maximum Gasteiger partial charge on any atom is 0.169 e. The van der Waals surface area contributed by atoms with Crippen LogP contribution in [0.2, 0.25) is 0 Å². The molecule has 1 aromatic rings. The Balaban J connectivity index is 1.75. The highest BCUT2D eigenvalue weighted by molar-refractivity contribution is 5.27. The summed E-state index contributed by atoms with van der Waals surface area (Å²) in [6.07, 6.45) is 1.07. The minimum absolute atomic E-state index is 0.142. The van der Waals surface area contributed by atoms with E-state index in [0.29, 0.717) is 12.0 Å². The van der Waals surface area contributed by atoms with E-state index >= 15 is 0 Å². The van der Waals surface area contributed by atoms with E-state index in [1.54, 1.807) is 14.2 Å². The maximum absolute atomic E-state index is 5.13. The molecule has 1 N–H and O–H groups in total. The van der Waals surface area contributed by atoms with E-state index < -0.39 is 0 Å². The SMILES string of the molecule is COC(CNC1CC1c1ccccc1)OC. The Morgan fingerprint density at radius 2 is 1.94 bits per heavy atom. The van der Waals surface area contributed by atoms with Gasteiger partial charge in [0, 0.05) is 32.7 Å². The molecule has 0 bridgehead atoms. The van der Waals surface area contributed by atoms with Crippen molar-refractivity contribution >= 4 is 0 Å². The van der Waals surface area contributed by atoms with Gasteiger partial charge >= 0.3 is 0 Å². The van der Waals surface area contributed by atoms with Crippen molar-refractivity contribution in [2.24, 2.45) is 0 Å². The summed E-state index contributed by atoms with van der Waals surface area (Å²) >= 11 is 0. The van der Waals surface area contributed by atoms with Gasteiger partial charge in [0.25, 0.3) is 0 Å². The summed E-state index contributed by atoms with van der Waals surface area (Å²) in [5, 5.41) is 3.46. The predicted molar refractivity (Wildman–Crippen MR) is 63.4 cm³/mol. The molecule has 16 heavy (non-hydrogen) atoms. The fourth-order valence-corrected chi connectivity index (χ4v) is 2.00. The highest BCUT2D eigenvalue weighted by Crippen LogP contribution is 2.40. The van der Waals surface area contributed by atoms with Crippen LogP contribution in [0.4, 0.5) is 0 Å². The molecule has 0 amide bonds. The molecule has 3 nitrogen and oxygen atoms in total. The van der Waals surface area contributed by atoms with Crippen LogP contribution in [0, 0.1) is 0 Å². The van der Waals surface area contributed by atoms with Crippen molar-refractivity contribution in [2.45, 2.75) is 24.7 Å². The maximum atomic E-state index is 5.13. The minimum atomic E-state index is -0.142. The van der Waals surface area contributed by atoms with Crippen LogP contribution in [-0.4, -0.2) is 33.1 Å². The number of hydrogen-bond donors (Lipinski definition) is 1. The molecule has 3 heteroatoms. The molecule has 0 spiro atoms. The summed E-state index contributed by atoms with van der Waals surface area (Å²) in [4.78, 5) is 0. The number of ether oxygens (including phenoxy) is 2. The van der Waals surface area contributed by atoms with Crippen molar-refractivity contribution in [3.05, 3.63) is 35.9 Å². The summed E-state index contributed by atoms with van der Waals surface area (Å²) in [6, 6.07) is 11.2. The lowest BCUT2D eigenvalue weighted by atomic mass is 10.1. The minimum Gasteiger partial charge on any atom is -0.355 e. The Labute approximate surface area is 96.8 Å². The lowest BCUT2D eigenvalue weighted by Gasteiger charge is -2.13. The molecule has 2 atom stereocenters. The monoisotopic (exact) mass is 221 g/mol. The zero-order valence-corrected chi connectivity index (χ0v) is 9.85. The Kier molecular flexibility index (Phi) is 3.93. The molecule has 0 radical (unpaired) electrons. The second-order valence-corrected chi connectivity index (χ2v) is 4.17. The van der Waals surface area contributed by atoms with Gasteiger partial charge in [0.05, 0.1) is 0 Å². The van der Waals surface area contributed by atoms with Crippen LogP contribution in [0.3, 0.4) is 0 Å². The van der Waals surface area contributed by atoms with E-state index in [4.69, 9.17) is 9.47 Å². The number of hydrogen-bond acceptors (Lipinski definition) is 3. The second-order valence-electron chi connectivity index (χ2n) is 4.17. The first kappa shape index (κ1) is 11.6. The van der Waals surface area contributed by atoms with Crippen molar-refractivity contribution in [2.75, 3.05) is 20.8 Å². The number of methoxy groups -OCH3 is 2. The van der Waals surface area contributed by atoms with E-state index in [2.05, 4.69) is 35.6 Å². The lowest BCUT2D eigenvalue weighted by molar-refractivity contribution is -0.0989. The number of benzene rings is 1. The van der Waals surface area contributed by atoms with Crippen LogP contribution < -0.4 is 5.32 Å². The van der Waals surface area contributed by atoms with Crippen LogP contribution in [0.15, 0.2) is 30.3 Å². The quantitative estimate of drug-likeness (QED) is 0.742. The molecular formula is C13H19NO2. The van der Waals surface area contributed by atoms with Crippen molar-refractivity contribution in [3.63, 3.8) is 0 Å². The third kappa shape index (κ3) is 2.82. The van der Waals surface area contributed by atoms with Gasteiger partial charge in [-0.15, -0.1) is 0 Å². The standard InChI is InChI=1S/C13H19NO2/c1-15-13(16-2)9-14-12-8-11(12)10-6-4-3-5-7-10/h3-7,11-14H,8-9H2,1-2H3. The van der Waals surface area contributed by atoms with E-state index in [1.165, 1.54) is 12.0 Å². The summed E-state index contributed by atoms with van der Waals surface area (Å²) in [6.45, 7) is 0.751. The Bertz CT molecular complexity index is 311. The molecular weight excluding hydrogens is 202 g/mol. The zero-order chi connectivity index (χ0) is 11.4. The molecule has 0 aromatic heterocycles. The van der Waals surface area contributed by atoms with Gasteiger partial charge in [-0.1, -0.05) is 30.3 Å². The molecule has 1 saturated carbocycles. The van der Waals surface area contributed by atoms with E-state index in [9.17, 15) is 0 Å². The molecule has 0 heterocycles. The summed E-state index contributed by atoms with van der Waals surface area (Å²) in [5.41, 5.74) is 1.42. The van der Waals surface area contributed by atoms with Gasteiger partial charge in [0.2, 0.25) is 0 Å². The lowest BCUT2D eigenvalue weighted by Crippen LogP contribution is -2.31. The number of rotatable bonds is 6. The molecule has 1 aliphatic rings. The molecule has 1 aliphatic carbocycles. The average molecular weight is 221 g/mol. The van der Waals surface area contributed by atoms with Crippen LogP contribution in [-0.2, 0) is 9.47 Å². The molecule has 2 unspecified atom stereocenters. The number of nitrogens with one attached hydrogen (secondary N) is 1. The average Bonchev–Trinajstić information content (AvgIpc) is 3.11. The zero-order valence-electron chi connectivity index (χ0n) is 9.85. The Morgan fingerprint density at radius 1 is 1.25 bits per heavy atom. The molecule has 2 rings (SSSR count). The van der Waals surface area contributed by atoms with Crippen molar-refractivity contribution in [1.29, 1.82) is 0 Å². The molecule has 0 aliphatic heterocycles. The van der Waals surface area contributed by atoms with E-state index in [-0.39, 0.29) is 6.29 Å². The normalized spacial score (nSPS) is 23.7. The van der Waals surface area contributed by atoms with Crippen LogP contribution >= 0.6 is 0 Å². The van der Waals surface area contributed by atoms with Crippen molar-refractivity contribution in [1.82, 2.24) is 5.32 Å². The van der Waals surface area contributed by atoms with Gasteiger partial charge in [-0.25, -0.2) is 0 Å². The van der Waals surface area contributed by atoms with E-state index in [1.807, 2.05) is 0 Å². The fourth-order valence-electron chi connectivity index (χ4n) is 2.00. The highest BCUT2D eigenvalue weighted by atomic mass is 16.7. The molecule has 1 aromatic carbocycles. The summed E-state index contributed by atoms with van der Waals surface area (Å²) in [5.74, 6) is 0.663. The first-order chi connectivity index (χ1) is 7.85. The Morgan fingerprint density at radius 3 is 2.56 bits per heavy atom. The van der Waals surface area contributed by atoms with Gasteiger partial charge in [-0.3, -0.25) is 0 Å². The fraction of sp³-hybridized carbons (Fsp3) is 0.538. The third-order valence-electron chi connectivity index (χ3n) is 3.09. The van der Waals surface area contributed by atoms with Gasteiger partial charge < -0.3 is 14.8 Å². The molecule has 0 saturated heterocycles. The third-order valence-corrected chi connectivity index (χ3v) is 3.09. The smallest absolute Gasteiger partial charge is 0.169 e. The highest BCUT2D eigenvalue weighted by Gasteiger charge is 2.37. The van der Waals surface area contributed by atoms with Crippen molar-refractivity contribution in [3.8, 4) is 0 Å².